The van der Waals surface area contributed by atoms with E-state index in [0.29, 0.717) is 30.2 Å². The largest absolute Gasteiger partial charge is 0.504 e. The fraction of sp³-hybridized carbons (Fsp3) is 0.318. The van der Waals surface area contributed by atoms with Gasteiger partial charge in [-0.15, -0.1) is 0 Å². The van der Waals surface area contributed by atoms with Crippen LogP contribution in [0.1, 0.15) is 35.3 Å². The molecule has 0 spiro atoms. The molecule has 0 aliphatic carbocycles. The van der Waals surface area contributed by atoms with Crippen molar-refractivity contribution in [1.82, 2.24) is 15.3 Å². The Morgan fingerprint density at radius 3 is 2.85 bits per heavy atom. The van der Waals surface area contributed by atoms with E-state index in [9.17, 15) is 22.7 Å². The van der Waals surface area contributed by atoms with E-state index in [4.69, 9.17) is 4.74 Å². The van der Waals surface area contributed by atoms with E-state index in [-0.39, 0.29) is 41.7 Å². The molecule has 11 heteroatoms. The first-order valence-electron chi connectivity index (χ1n) is 10.4. The first kappa shape index (κ1) is 22.7. The van der Waals surface area contributed by atoms with Crippen molar-refractivity contribution >= 4 is 32.7 Å². The van der Waals surface area contributed by atoms with Gasteiger partial charge < -0.3 is 15.2 Å². The van der Waals surface area contributed by atoms with Gasteiger partial charge in [0.15, 0.2) is 17.3 Å². The van der Waals surface area contributed by atoms with Crippen molar-refractivity contribution < 1.29 is 27.4 Å². The van der Waals surface area contributed by atoms with Crippen molar-refractivity contribution in [2.75, 3.05) is 23.7 Å². The predicted molar refractivity (Wildman–Crippen MR) is 120 cm³/mol. The third-order valence-electron chi connectivity index (χ3n) is 5.42. The number of pyridine rings is 2. The summed E-state index contributed by atoms with van der Waals surface area (Å²) in [5.41, 5.74) is 0.242. The smallest absolute Gasteiger partial charge is 0.274 e. The van der Waals surface area contributed by atoms with Crippen molar-refractivity contribution in [2.24, 2.45) is 0 Å². The van der Waals surface area contributed by atoms with Gasteiger partial charge in [-0.2, -0.15) is 0 Å². The quantitative estimate of drug-likeness (QED) is 0.514. The van der Waals surface area contributed by atoms with Crippen LogP contribution in [0.25, 0.3) is 10.9 Å². The molecule has 9 nitrogen and oxygen atoms in total. The number of benzene rings is 1. The first-order valence-corrected chi connectivity index (χ1v) is 12.0. The predicted octanol–water partition coefficient (Wildman–Crippen LogP) is 2.73. The Kier molecular flexibility index (Phi) is 6.32. The second kappa shape index (κ2) is 9.18. The van der Waals surface area contributed by atoms with Gasteiger partial charge in [0.2, 0.25) is 10.0 Å². The zero-order valence-electron chi connectivity index (χ0n) is 17.9. The fourth-order valence-corrected chi connectivity index (χ4v) is 4.83. The number of aromatic hydroxyl groups is 1. The van der Waals surface area contributed by atoms with Crippen molar-refractivity contribution in [3.05, 3.63) is 53.6 Å². The molecule has 1 amide bonds. The molecule has 0 saturated heterocycles. The van der Waals surface area contributed by atoms with Gasteiger partial charge in [-0.05, 0) is 37.5 Å². The van der Waals surface area contributed by atoms with Crippen LogP contribution in [0, 0.1) is 5.82 Å². The number of fused-ring (bicyclic) bond motifs is 5. The second-order valence-corrected chi connectivity index (χ2v) is 9.78. The van der Waals surface area contributed by atoms with E-state index in [0.717, 1.165) is 4.31 Å². The van der Waals surface area contributed by atoms with Crippen LogP contribution in [-0.2, 0) is 16.6 Å². The molecule has 4 rings (SSSR count). The van der Waals surface area contributed by atoms with Crippen molar-refractivity contribution in [2.45, 2.75) is 25.8 Å². The van der Waals surface area contributed by atoms with Gasteiger partial charge >= 0.3 is 0 Å². The average Bonchev–Trinajstić information content (AvgIpc) is 2.80. The molecule has 174 valence electrons. The number of anilines is 1. The number of sulfonamides is 1. The molecule has 33 heavy (non-hydrogen) atoms. The summed E-state index contributed by atoms with van der Waals surface area (Å²) < 4.78 is 46.3. The van der Waals surface area contributed by atoms with Gasteiger partial charge in [-0.3, -0.25) is 14.1 Å². The lowest BCUT2D eigenvalue weighted by molar-refractivity contribution is 0.0943. The Morgan fingerprint density at radius 2 is 2.03 bits per heavy atom. The molecule has 1 aliphatic rings. The van der Waals surface area contributed by atoms with Gasteiger partial charge in [-0.1, -0.05) is 6.07 Å². The highest BCUT2D eigenvalue weighted by Gasteiger charge is 2.26. The topological polar surface area (TPSA) is 122 Å². The van der Waals surface area contributed by atoms with Gasteiger partial charge in [0.25, 0.3) is 5.91 Å². The molecule has 2 bridgehead atoms. The summed E-state index contributed by atoms with van der Waals surface area (Å²) in [7, 11) is -2.40. The van der Waals surface area contributed by atoms with Crippen LogP contribution in [0.3, 0.4) is 0 Å². The van der Waals surface area contributed by atoms with Crippen molar-refractivity contribution in [3.63, 3.8) is 0 Å². The molecule has 2 aromatic heterocycles. The number of amides is 1. The van der Waals surface area contributed by atoms with Crippen LogP contribution in [-0.4, -0.2) is 48.8 Å². The van der Waals surface area contributed by atoms with Crippen LogP contribution >= 0.6 is 0 Å². The van der Waals surface area contributed by atoms with Crippen LogP contribution in [0.5, 0.6) is 11.5 Å². The standard InChI is InChI=1S/C22H23FN4O5S/c1-27-21-16-6-5-9-24-18(16)20(28)19(26-21)22(29)25-13-14-7-8-15(23)12-17(14)32-10-3-2-4-11-33(27,30)31/h5-9,12,28H,2-4,10-11,13H2,1H3,(H,25,29). The monoisotopic (exact) mass is 474 g/mol. The average molecular weight is 475 g/mol. The Balaban J connectivity index is 1.81. The Bertz CT molecular complexity index is 1320. The zero-order valence-corrected chi connectivity index (χ0v) is 18.7. The molecule has 3 aromatic rings. The molecule has 0 unspecified atom stereocenters. The maximum absolute atomic E-state index is 13.7. The highest BCUT2D eigenvalue weighted by Crippen LogP contribution is 2.33. The Labute approximate surface area is 190 Å². The maximum atomic E-state index is 13.7. The summed E-state index contributed by atoms with van der Waals surface area (Å²) in [6, 6.07) is 7.18. The number of carbonyl (C=O) groups excluding carboxylic acids is 1. The molecular weight excluding hydrogens is 451 g/mol. The van der Waals surface area contributed by atoms with E-state index in [2.05, 4.69) is 15.3 Å². The van der Waals surface area contributed by atoms with Gasteiger partial charge in [-0.25, -0.2) is 17.8 Å². The maximum Gasteiger partial charge on any atom is 0.274 e. The number of halogens is 1. The van der Waals surface area contributed by atoms with E-state index >= 15 is 0 Å². The van der Waals surface area contributed by atoms with Crippen molar-refractivity contribution in [3.8, 4) is 11.5 Å². The number of aromatic nitrogens is 2. The molecular formula is C22H23FN4O5S. The molecule has 0 atom stereocenters. The van der Waals surface area contributed by atoms with E-state index in [1.54, 1.807) is 12.1 Å². The summed E-state index contributed by atoms with van der Waals surface area (Å²) in [4.78, 5) is 21.3. The Morgan fingerprint density at radius 1 is 1.21 bits per heavy atom. The number of rotatable bonds is 0. The van der Waals surface area contributed by atoms with E-state index in [1.165, 1.54) is 31.4 Å². The molecule has 0 radical (unpaired) electrons. The molecule has 2 N–H and O–H groups in total. The minimum atomic E-state index is -3.76. The van der Waals surface area contributed by atoms with Crippen LogP contribution in [0.2, 0.25) is 0 Å². The lowest BCUT2D eigenvalue weighted by Gasteiger charge is -2.21. The number of ether oxygens (including phenoxy) is 1. The van der Waals surface area contributed by atoms with Crippen LogP contribution < -0.4 is 14.4 Å². The van der Waals surface area contributed by atoms with Crippen LogP contribution in [0.4, 0.5) is 10.2 Å². The van der Waals surface area contributed by atoms with Gasteiger partial charge in [0.1, 0.15) is 17.1 Å². The summed E-state index contributed by atoms with van der Waals surface area (Å²) in [5, 5.41) is 13.6. The normalized spacial score (nSPS) is 17.2. The molecule has 1 aliphatic heterocycles. The summed E-state index contributed by atoms with van der Waals surface area (Å²) in [5.74, 6) is -1.54. The minimum absolute atomic E-state index is 0.000973. The van der Waals surface area contributed by atoms with Crippen LogP contribution in [0.15, 0.2) is 36.5 Å². The zero-order chi connectivity index (χ0) is 23.6. The van der Waals surface area contributed by atoms with Gasteiger partial charge in [0, 0.05) is 36.8 Å². The molecule has 3 heterocycles. The van der Waals surface area contributed by atoms with Crippen molar-refractivity contribution in [1.29, 1.82) is 0 Å². The number of hydrogen-bond donors (Lipinski definition) is 2. The first-order chi connectivity index (χ1) is 15.8. The molecule has 0 fully saturated rings. The molecule has 1 aromatic carbocycles. The SMILES string of the molecule is CN1c2nc(c(O)c3ncccc23)C(=O)NCc2ccc(F)cc2OCCCCCS1(=O)=O. The van der Waals surface area contributed by atoms with E-state index < -0.39 is 27.5 Å². The highest BCUT2D eigenvalue weighted by molar-refractivity contribution is 7.92. The summed E-state index contributed by atoms with van der Waals surface area (Å²) >= 11 is 0. The third-order valence-corrected chi connectivity index (χ3v) is 7.23. The lowest BCUT2D eigenvalue weighted by Crippen LogP contribution is -2.31. The fourth-order valence-electron chi connectivity index (χ4n) is 3.59. The highest BCUT2D eigenvalue weighted by atomic mass is 32.2. The summed E-state index contributed by atoms with van der Waals surface area (Å²) in [6.07, 6.45) is 2.98. The third kappa shape index (κ3) is 4.68. The van der Waals surface area contributed by atoms with Gasteiger partial charge in [0.05, 0.1) is 12.4 Å². The van der Waals surface area contributed by atoms with E-state index in [1.807, 2.05) is 0 Å². The minimum Gasteiger partial charge on any atom is -0.504 e. The lowest BCUT2D eigenvalue weighted by atomic mass is 10.1. The number of hydrogen-bond acceptors (Lipinski definition) is 7. The number of nitrogens with zero attached hydrogens (tertiary/aromatic N) is 3. The molecule has 0 saturated carbocycles. The number of carbonyl (C=O) groups is 1. The summed E-state index contributed by atoms with van der Waals surface area (Å²) in [6.45, 7) is 0.261. The Hall–Kier alpha value is -3.47. The number of nitrogens with one attached hydrogen (secondary N) is 1. The second-order valence-electron chi connectivity index (χ2n) is 7.66.